The molecule has 1 atom stereocenters. The van der Waals surface area contributed by atoms with E-state index >= 15 is 0 Å². The molecule has 106 valence electrons. The molecule has 1 heterocycles. The largest absolute Gasteiger partial charge is 0.508 e. The number of alkyl halides is 7. The minimum Gasteiger partial charge on any atom is -0.430 e. The Morgan fingerprint density at radius 3 is 1.89 bits per heavy atom. The molecule has 3 nitrogen and oxygen atoms in total. The lowest BCUT2D eigenvalue weighted by Gasteiger charge is -2.30. The summed E-state index contributed by atoms with van der Waals surface area (Å²) < 4.78 is 94.2. The van der Waals surface area contributed by atoms with Crippen LogP contribution in [0.4, 0.5) is 35.5 Å². The Morgan fingerprint density at radius 1 is 1.06 bits per heavy atom. The van der Waals surface area contributed by atoms with E-state index in [9.17, 15) is 35.5 Å². The molecule has 0 radical (unpaired) electrons. The van der Waals surface area contributed by atoms with E-state index in [0.29, 0.717) is 0 Å². The molecule has 18 heavy (non-hydrogen) atoms. The molecule has 1 rings (SSSR count). The Morgan fingerprint density at radius 2 is 1.56 bits per heavy atom. The highest BCUT2D eigenvalue weighted by atomic mass is 19.4. The van der Waals surface area contributed by atoms with Gasteiger partial charge in [0.15, 0.2) is 0 Å². The third kappa shape index (κ3) is 2.78. The summed E-state index contributed by atoms with van der Waals surface area (Å²) in [6.45, 7) is -0.495. The summed E-state index contributed by atoms with van der Waals surface area (Å²) in [4.78, 5) is 10.4. The van der Waals surface area contributed by atoms with Gasteiger partial charge < -0.3 is 9.47 Å². The molecule has 1 aliphatic rings. The van der Waals surface area contributed by atoms with Crippen LogP contribution in [0.5, 0.6) is 0 Å². The minimum absolute atomic E-state index is 0.495. The first-order valence-electron chi connectivity index (χ1n) is 4.63. The van der Waals surface area contributed by atoms with Gasteiger partial charge in [-0.2, -0.15) is 26.3 Å². The highest BCUT2D eigenvalue weighted by Crippen LogP contribution is 2.49. The molecule has 0 aromatic rings. The van der Waals surface area contributed by atoms with Gasteiger partial charge in [0.1, 0.15) is 12.7 Å². The van der Waals surface area contributed by atoms with Gasteiger partial charge in [-0.15, -0.1) is 0 Å². The van der Waals surface area contributed by atoms with E-state index < -0.39 is 49.7 Å². The van der Waals surface area contributed by atoms with Gasteiger partial charge in [0, 0.05) is 6.42 Å². The Balaban J connectivity index is 2.72. The maximum Gasteiger partial charge on any atom is 0.508 e. The highest BCUT2D eigenvalue weighted by Gasteiger charge is 2.72. The number of hydrogen-bond acceptors (Lipinski definition) is 3. The molecule has 0 N–H and O–H groups in total. The topological polar surface area (TPSA) is 35.5 Å². The fraction of sp³-hybridized carbons (Fsp3) is 0.875. The average molecular weight is 284 g/mol. The summed E-state index contributed by atoms with van der Waals surface area (Å²) in [6.07, 6.45) is -17.5. The monoisotopic (exact) mass is 284 g/mol. The molecule has 0 bridgehead atoms. The van der Waals surface area contributed by atoms with Gasteiger partial charge in [-0.25, -0.2) is 9.18 Å². The number of carbonyl (C=O) groups is 1. The standard InChI is InChI=1S/C8H7F7O3/c9-6(7(10,11)12,8(13,14)15)2-1-4-3-17-5(16)18-4/h4H,1-3H2. The van der Waals surface area contributed by atoms with Crippen LogP contribution in [0.1, 0.15) is 12.8 Å². The molecule has 0 spiro atoms. The van der Waals surface area contributed by atoms with Crippen molar-refractivity contribution in [3.63, 3.8) is 0 Å². The zero-order chi connectivity index (χ0) is 14.2. The number of ether oxygens (including phenoxy) is 2. The quantitative estimate of drug-likeness (QED) is 0.590. The molecule has 1 unspecified atom stereocenters. The van der Waals surface area contributed by atoms with Crippen LogP contribution in [0.15, 0.2) is 0 Å². The zero-order valence-corrected chi connectivity index (χ0v) is 8.57. The van der Waals surface area contributed by atoms with Crippen molar-refractivity contribution >= 4 is 6.16 Å². The summed E-state index contributed by atoms with van der Waals surface area (Å²) in [6, 6.07) is 0. The van der Waals surface area contributed by atoms with E-state index in [1.807, 2.05) is 0 Å². The van der Waals surface area contributed by atoms with E-state index in [4.69, 9.17) is 0 Å². The van der Waals surface area contributed by atoms with Gasteiger partial charge in [-0.05, 0) is 6.42 Å². The van der Waals surface area contributed by atoms with Gasteiger partial charge in [0.2, 0.25) is 0 Å². The molecule has 1 saturated heterocycles. The first-order valence-corrected chi connectivity index (χ1v) is 4.63. The van der Waals surface area contributed by atoms with Crippen molar-refractivity contribution in [3.05, 3.63) is 0 Å². The summed E-state index contributed by atoms with van der Waals surface area (Å²) >= 11 is 0. The second-order valence-electron chi connectivity index (χ2n) is 3.64. The van der Waals surface area contributed by atoms with Crippen molar-refractivity contribution in [2.75, 3.05) is 6.61 Å². The Hall–Kier alpha value is -1.22. The van der Waals surface area contributed by atoms with Crippen molar-refractivity contribution < 1.29 is 45.0 Å². The van der Waals surface area contributed by atoms with Crippen LogP contribution in [0.3, 0.4) is 0 Å². The lowest BCUT2D eigenvalue weighted by molar-refractivity contribution is -0.344. The van der Waals surface area contributed by atoms with Gasteiger partial charge in [0.05, 0.1) is 0 Å². The SMILES string of the molecule is O=C1OCC(CCC(F)(C(F)(F)F)C(F)(F)F)O1. The predicted molar refractivity (Wildman–Crippen MR) is 41.4 cm³/mol. The first-order chi connectivity index (χ1) is 7.97. The first kappa shape index (κ1) is 14.8. The van der Waals surface area contributed by atoms with Crippen LogP contribution in [0, 0.1) is 0 Å². The Labute approximate surface area is 95.8 Å². The van der Waals surface area contributed by atoms with Crippen molar-refractivity contribution in [3.8, 4) is 0 Å². The minimum atomic E-state index is -6.09. The van der Waals surface area contributed by atoms with Crippen LogP contribution in [0.25, 0.3) is 0 Å². The van der Waals surface area contributed by atoms with Crippen LogP contribution >= 0.6 is 0 Å². The van der Waals surface area contributed by atoms with E-state index in [0.717, 1.165) is 0 Å². The number of halogens is 7. The van der Waals surface area contributed by atoms with Gasteiger partial charge in [-0.1, -0.05) is 0 Å². The van der Waals surface area contributed by atoms with Crippen LogP contribution in [-0.2, 0) is 9.47 Å². The normalized spacial score (nSPS) is 21.7. The predicted octanol–water partition coefficient (Wildman–Crippen LogP) is 3.13. The third-order valence-corrected chi connectivity index (χ3v) is 2.36. The van der Waals surface area contributed by atoms with E-state index in [1.54, 1.807) is 0 Å². The summed E-state index contributed by atoms with van der Waals surface area (Å²) in [5, 5.41) is 0. The van der Waals surface area contributed by atoms with E-state index in [2.05, 4.69) is 9.47 Å². The Bertz CT molecular complexity index is 308. The molecule has 0 aromatic carbocycles. The lowest BCUT2D eigenvalue weighted by Crippen LogP contribution is -2.53. The smallest absolute Gasteiger partial charge is 0.430 e. The van der Waals surface area contributed by atoms with Crippen molar-refractivity contribution in [1.82, 2.24) is 0 Å². The zero-order valence-electron chi connectivity index (χ0n) is 8.57. The number of hydrogen-bond donors (Lipinski definition) is 0. The second kappa shape index (κ2) is 4.47. The van der Waals surface area contributed by atoms with E-state index in [-0.39, 0.29) is 0 Å². The van der Waals surface area contributed by atoms with Crippen molar-refractivity contribution in [1.29, 1.82) is 0 Å². The van der Waals surface area contributed by atoms with Crippen LogP contribution in [0.2, 0.25) is 0 Å². The molecule has 0 aliphatic carbocycles. The third-order valence-electron chi connectivity index (χ3n) is 2.36. The molecule has 0 aromatic heterocycles. The second-order valence-corrected chi connectivity index (χ2v) is 3.64. The van der Waals surface area contributed by atoms with Crippen molar-refractivity contribution in [2.24, 2.45) is 0 Å². The van der Waals surface area contributed by atoms with Crippen LogP contribution in [-0.4, -0.2) is 36.9 Å². The molecular formula is C8H7F7O3. The number of rotatable bonds is 3. The average Bonchev–Trinajstić information content (AvgIpc) is 2.57. The molecular weight excluding hydrogens is 277 g/mol. The van der Waals surface area contributed by atoms with E-state index in [1.165, 1.54) is 0 Å². The van der Waals surface area contributed by atoms with Crippen molar-refractivity contribution in [2.45, 2.75) is 37.0 Å². The molecule has 0 saturated carbocycles. The molecule has 10 heteroatoms. The summed E-state index contributed by atoms with van der Waals surface area (Å²) in [5.74, 6) is 0. The number of cyclic esters (lactones) is 2. The number of carbonyl (C=O) groups excluding carboxylic acids is 1. The van der Waals surface area contributed by atoms with Gasteiger partial charge in [-0.3, -0.25) is 0 Å². The highest BCUT2D eigenvalue weighted by molar-refractivity contribution is 5.61. The van der Waals surface area contributed by atoms with Gasteiger partial charge >= 0.3 is 18.5 Å². The Kier molecular flexibility index (Phi) is 3.68. The fourth-order valence-electron chi connectivity index (χ4n) is 1.31. The summed E-state index contributed by atoms with van der Waals surface area (Å²) in [7, 11) is 0. The fourth-order valence-corrected chi connectivity index (χ4v) is 1.31. The molecule has 1 fully saturated rings. The maximum atomic E-state index is 13.1. The maximum absolute atomic E-state index is 13.1. The van der Waals surface area contributed by atoms with Gasteiger partial charge in [0.25, 0.3) is 5.67 Å². The molecule has 1 aliphatic heterocycles. The summed E-state index contributed by atoms with van der Waals surface area (Å²) in [5.41, 5.74) is -5.32. The molecule has 0 amide bonds. The lowest BCUT2D eigenvalue weighted by atomic mass is 9.96. The van der Waals surface area contributed by atoms with Crippen LogP contribution < -0.4 is 0 Å².